The molecule has 1 amide bonds. The summed E-state index contributed by atoms with van der Waals surface area (Å²) in [6.07, 6.45) is 0.467. The van der Waals surface area contributed by atoms with Crippen LogP contribution in [0.5, 0.6) is 0 Å². The molecule has 0 aliphatic carbocycles. The SMILES string of the molecule is CCC(=O)Nc1cccc(Cl)c1N1CCN(C)CC1. The minimum Gasteiger partial charge on any atom is -0.366 e. The predicted octanol–water partition coefficient (Wildman–Crippen LogP) is 2.44. The molecule has 1 heterocycles. The van der Waals surface area contributed by atoms with E-state index in [-0.39, 0.29) is 5.91 Å². The molecule has 0 saturated carbocycles. The van der Waals surface area contributed by atoms with Crippen LogP contribution in [0, 0.1) is 0 Å². The smallest absolute Gasteiger partial charge is 0.224 e. The van der Waals surface area contributed by atoms with Gasteiger partial charge in [-0.2, -0.15) is 0 Å². The van der Waals surface area contributed by atoms with E-state index in [1.165, 1.54) is 0 Å². The number of halogens is 1. The average molecular weight is 282 g/mol. The van der Waals surface area contributed by atoms with Crippen molar-refractivity contribution in [3.63, 3.8) is 0 Å². The van der Waals surface area contributed by atoms with E-state index in [2.05, 4.69) is 22.2 Å². The minimum atomic E-state index is 0.0117. The lowest BCUT2D eigenvalue weighted by atomic mass is 10.2. The van der Waals surface area contributed by atoms with Crippen LogP contribution in [0.4, 0.5) is 11.4 Å². The van der Waals surface area contributed by atoms with E-state index in [1.807, 2.05) is 25.1 Å². The molecule has 0 unspecified atom stereocenters. The lowest BCUT2D eigenvalue weighted by molar-refractivity contribution is -0.115. The highest BCUT2D eigenvalue weighted by atomic mass is 35.5. The van der Waals surface area contributed by atoms with Gasteiger partial charge in [-0.05, 0) is 19.2 Å². The Labute approximate surface area is 119 Å². The fraction of sp³-hybridized carbons (Fsp3) is 0.500. The minimum absolute atomic E-state index is 0.0117. The van der Waals surface area contributed by atoms with Gasteiger partial charge in [0.05, 0.1) is 16.4 Å². The summed E-state index contributed by atoms with van der Waals surface area (Å²) in [5, 5.41) is 3.62. The first-order valence-electron chi connectivity index (χ1n) is 6.63. The van der Waals surface area contributed by atoms with Gasteiger partial charge in [0, 0.05) is 32.6 Å². The molecule has 19 heavy (non-hydrogen) atoms. The maximum Gasteiger partial charge on any atom is 0.224 e. The highest BCUT2D eigenvalue weighted by molar-refractivity contribution is 6.34. The number of para-hydroxylation sites is 1. The van der Waals surface area contributed by atoms with E-state index in [0.29, 0.717) is 11.4 Å². The number of benzene rings is 1. The van der Waals surface area contributed by atoms with Crippen LogP contribution in [0.25, 0.3) is 0 Å². The standard InChI is InChI=1S/C14H20ClN3O/c1-3-13(19)16-12-6-4-5-11(15)14(12)18-9-7-17(2)8-10-18/h4-6H,3,7-10H2,1-2H3,(H,16,19). The van der Waals surface area contributed by atoms with Crippen LogP contribution in [0.2, 0.25) is 5.02 Å². The number of hydrogen-bond acceptors (Lipinski definition) is 3. The quantitative estimate of drug-likeness (QED) is 0.924. The van der Waals surface area contributed by atoms with Gasteiger partial charge >= 0.3 is 0 Å². The molecule has 104 valence electrons. The molecule has 1 aromatic rings. The molecule has 4 nitrogen and oxygen atoms in total. The molecule has 0 radical (unpaired) electrons. The van der Waals surface area contributed by atoms with Crippen molar-refractivity contribution in [2.24, 2.45) is 0 Å². The molecule has 0 atom stereocenters. The number of carbonyl (C=O) groups is 1. The topological polar surface area (TPSA) is 35.6 Å². The van der Waals surface area contributed by atoms with Crippen LogP contribution >= 0.6 is 11.6 Å². The molecule has 2 rings (SSSR count). The first kappa shape index (κ1) is 14.2. The maximum atomic E-state index is 11.6. The van der Waals surface area contributed by atoms with Gasteiger partial charge in [0.25, 0.3) is 0 Å². The molecule has 0 aromatic heterocycles. The van der Waals surface area contributed by atoms with E-state index in [4.69, 9.17) is 11.6 Å². The average Bonchev–Trinajstić information content (AvgIpc) is 2.40. The normalized spacial score (nSPS) is 16.5. The summed E-state index contributed by atoms with van der Waals surface area (Å²) in [6, 6.07) is 5.65. The number of amides is 1. The first-order valence-corrected chi connectivity index (χ1v) is 7.01. The number of anilines is 2. The van der Waals surface area contributed by atoms with Crippen molar-refractivity contribution in [1.82, 2.24) is 4.90 Å². The van der Waals surface area contributed by atoms with E-state index in [0.717, 1.165) is 37.6 Å². The second-order valence-electron chi connectivity index (χ2n) is 4.83. The van der Waals surface area contributed by atoms with Crippen molar-refractivity contribution in [2.75, 3.05) is 43.4 Å². The highest BCUT2D eigenvalue weighted by Gasteiger charge is 2.20. The monoisotopic (exact) mass is 281 g/mol. The Balaban J connectivity index is 2.24. The third kappa shape index (κ3) is 3.39. The lowest BCUT2D eigenvalue weighted by Crippen LogP contribution is -2.44. The molecular formula is C14H20ClN3O. The second-order valence-corrected chi connectivity index (χ2v) is 5.24. The summed E-state index contributed by atoms with van der Waals surface area (Å²) in [5.74, 6) is 0.0117. The van der Waals surface area contributed by atoms with Gasteiger partial charge in [-0.1, -0.05) is 24.6 Å². The third-order valence-electron chi connectivity index (χ3n) is 3.40. The number of carbonyl (C=O) groups excluding carboxylic acids is 1. The van der Waals surface area contributed by atoms with Crippen LogP contribution < -0.4 is 10.2 Å². The van der Waals surface area contributed by atoms with Gasteiger partial charge < -0.3 is 15.1 Å². The fourth-order valence-electron chi connectivity index (χ4n) is 2.21. The van der Waals surface area contributed by atoms with Crippen molar-refractivity contribution in [2.45, 2.75) is 13.3 Å². The Morgan fingerprint density at radius 1 is 1.32 bits per heavy atom. The van der Waals surface area contributed by atoms with Crippen LogP contribution in [0.15, 0.2) is 18.2 Å². The summed E-state index contributed by atoms with van der Waals surface area (Å²) in [4.78, 5) is 16.1. The second kappa shape index (κ2) is 6.26. The van der Waals surface area contributed by atoms with Gasteiger partial charge in [0.2, 0.25) is 5.91 Å². The Hall–Kier alpha value is -1.26. The molecular weight excluding hydrogens is 262 g/mol. The van der Waals surface area contributed by atoms with E-state index >= 15 is 0 Å². The molecule has 1 aromatic carbocycles. The van der Waals surface area contributed by atoms with Crippen molar-refractivity contribution in [1.29, 1.82) is 0 Å². The number of nitrogens with one attached hydrogen (secondary N) is 1. The highest BCUT2D eigenvalue weighted by Crippen LogP contribution is 2.34. The molecule has 5 heteroatoms. The maximum absolute atomic E-state index is 11.6. The number of hydrogen-bond donors (Lipinski definition) is 1. The van der Waals surface area contributed by atoms with Gasteiger partial charge in [-0.3, -0.25) is 4.79 Å². The number of likely N-dealkylation sites (N-methyl/N-ethyl adjacent to an activating group) is 1. The zero-order valence-corrected chi connectivity index (χ0v) is 12.2. The van der Waals surface area contributed by atoms with Crippen LogP contribution in [0.1, 0.15) is 13.3 Å². The number of nitrogens with zero attached hydrogens (tertiary/aromatic N) is 2. The molecule has 1 saturated heterocycles. The Morgan fingerprint density at radius 3 is 2.63 bits per heavy atom. The first-order chi connectivity index (χ1) is 9.11. The summed E-state index contributed by atoms with van der Waals surface area (Å²) >= 11 is 6.32. The van der Waals surface area contributed by atoms with E-state index in [9.17, 15) is 4.79 Å². The van der Waals surface area contributed by atoms with Crippen molar-refractivity contribution < 1.29 is 4.79 Å². The van der Waals surface area contributed by atoms with Crippen molar-refractivity contribution in [3.05, 3.63) is 23.2 Å². The summed E-state index contributed by atoms with van der Waals surface area (Å²) in [5.41, 5.74) is 1.75. The van der Waals surface area contributed by atoms with Gasteiger partial charge in [0.1, 0.15) is 0 Å². The summed E-state index contributed by atoms with van der Waals surface area (Å²) < 4.78 is 0. The Bertz CT molecular complexity index is 456. The number of rotatable bonds is 3. The molecule has 0 bridgehead atoms. The predicted molar refractivity (Wildman–Crippen MR) is 80.1 cm³/mol. The molecule has 0 spiro atoms. The fourth-order valence-corrected chi connectivity index (χ4v) is 2.50. The molecule has 1 fully saturated rings. The zero-order valence-electron chi connectivity index (χ0n) is 11.4. The zero-order chi connectivity index (χ0) is 13.8. The molecule has 1 aliphatic rings. The summed E-state index contributed by atoms with van der Waals surface area (Å²) in [6.45, 7) is 5.71. The van der Waals surface area contributed by atoms with E-state index < -0.39 is 0 Å². The summed E-state index contributed by atoms with van der Waals surface area (Å²) in [7, 11) is 2.11. The van der Waals surface area contributed by atoms with E-state index in [1.54, 1.807) is 0 Å². The van der Waals surface area contributed by atoms with Gasteiger partial charge in [-0.15, -0.1) is 0 Å². The largest absolute Gasteiger partial charge is 0.366 e. The Morgan fingerprint density at radius 2 is 2.00 bits per heavy atom. The third-order valence-corrected chi connectivity index (χ3v) is 3.71. The number of piperazine rings is 1. The molecule has 1 N–H and O–H groups in total. The van der Waals surface area contributed by atoms with Crippen LogP contribution in [0.3, 0.4) is 0 Å². The lowest BCUT2D eigenvalue weighted by Gasteiger charge is -2.35. The van der Waals surface area contributed by atoms with Crippen LogP contribution in [-0.4, -0.2) is 44.0 Å². The van der Waals surface area contributed by atoms with Gasteiger partial charge in [-0.25, -0.2) is 0 Å². The van der Waals surface area contributed by atoms with Crippen molar-refractivity contribution in [3.8, 4) is 0 Å². The molecule has 1 aliphatic heterocycles. The van der Waals surface area contributed by atoms with Crippen molar-refractivity contribution >= 4 is 28.9 Å². The van der Waals surface area contributed by atoms with Crippen LogP contribution in [-0.2, 0) is 4.79 Å². The Kier molecular flexibility index (Phi) is 4.66. The van der Waals surface area contributed by atoms with Gasteiger partial charge in [0.15, 0.2) is 0 Å².